The molecule has 0 saturated carbocycles. The third kappa shape index (κ3) is 4.28. The zero-order valence-corrected chi connectivity index (χ0v) is 19.5. The summed E-state index contributed by atoms with van der Waals surface area (Å²) >= 11 is 5.71. The minimum atomic E-state index is -0.197. The van der Waals surface area contributed by atoms with Crippen LogP contribution in [-0.2, 0) is 0 Å². The average Bonchev–Trinajstić information content (AvgIpc) is 3.07. The molecular weight excluding hydrogens is 402 g/mol. The van der Waals surface area contributed by atoms with Crippen molar-refractivity contribution in [2.24, 2.45) is 0 Å². The lowest BCUT2D eigenvalue weighted by Gasteiger charge is -2.39. The molecule has 3 nitrogen and oxygen atoms in total. The molecule has 0 aromatic heterocycles. The molecule has 5 rings (SSSR count). The second-order valence-electron chi connectivity index (χ2n) is 9.97. The number of hydrogen-bond acceptors (Lipinski definition) is 4. The van der Waals surface area contributed by atoms with Crippen LogP contribution in [-0.4, -0.2) is 34.7 Å². The highest BCUT2D eigenvalue weighted by Gasteiger charge is 2.36. The normalized spacial score (nSPS) is 23.6. The van der Waals surface area contributed by atoms with E-state index in [0.29, 0.717) is 11.1 Å². The van der Waals surface area contributed by atoms with E-state index >= 15 is 0 Å². The van der Waals surface area contributed by atoms with Gasteiger partial charge in [-0.25, -0.2) is 0 Å². The molecule has 0 radical (unpaired) electrons. The quantitative estimate of drug-likeness (QED) is 0.406. The van der Waals surface area contributed by atoms with Crippen LogP contribution in [0.15, 0.2) is 54.1 Å². The van der Waals surface area contributed by atoms with Crippen LogP contribution < -0.4 is 9.47 Å². The van der Waals surface area contributed by atoms with E-state index in [2.05, 4.69) is 62.1 Å². The number of benzene rings is 2. The van der Waals surface area contributed by atoms with Gasteiger partial charge in [0.1, 0.15) is 17.1 Å². The van der Waals surface area contributed by atoms with Crippen LogP contribution in [0.3, 0.4) is 0 Å². The molecule has 0 aliphatic carbocycles. The van der Waals surface area contributed by atoms with Gasteiger partial charge in [0.05, 0.1) is 5.92 Å². The summed E-state index contributed by atoms with van der Waals surface area (Å²) in [5.74, 6) is 1.92. The standard InChI is InChI=1S/C27H31NO2S/c1-27(2,3)30-22-10-7-18(8-11-22)19-9-12-24-23(17-19)25(26(31)29-24)20-13-15-28-14-5-4-6-21(28)16-20/h7-13,17,21,25H,4-6,14-16H2,1-3H3. The topological polar surface area (TPSA) is 21.7 Å². The third-order valence-electron chi connectivity index (χ3n) is 6.56. The number of ether oxygens (including phenoxy) is 2. The van der Waals surface area contributed by atoms with Crippen LogP contribution in [0.5, 0.6) is 11.5 Å². The maximum Gasteiger partial charge on any atom is 0.179 e. The summed E-state index contributed by atoms with van der Waals surface area (Å²) in [6.07, 6.45) is 7.49. The molecule has 0 spiro atoms. The van der Waals surface area contributed by atoms with Crippen molar-refractivity contribution in [1.82, 2.24) is 4.90 Å². The molecule has 162 valence electrons. The van der Waals surface area contributed by atoms with Crippen LogP contribution in [0.25, 0.3) is 11.1 Å². The van der Waals surface area contributed by atoms with Crippen LogP contribution in [0, 0.1) is 0 Å². The van der Waals surface area contributed by atoms with Crippen molar-refractivity contribution in [2.45, 2.75) is 64.0 Å². The van der Waals surface area contributed by atoms with Crippen LogP contribution in [0.1, 0.15) is 57.9 Å². The fourth-order valence-electron chi connectivity index (χ4n) is 5.12. The minimum absolute atomic E-state index is 0.109. The lowest BCUT2D eigenvalue weighted by Crippen LogP contribution is -2.42. The summed E-state index contributed by atoms with van der Waals surface area (Å²) in [5, 5.41) is 0.705. The number of nitrogens with zero attached hydrogens (tertiary/aromatic N) is 1. The van der Waals surface area contributed by atoms with E-state index in [1.165, 1.54) is 48.1 Å². The van der Waals surface area contributed by atoms with Gasteiger partial charge >= 0.3 is 0 Å². The zero-order chi connectivity index (χ0) is 21.6. The second kappa shape index (κ2) is 8.07. The molecule has 0 N–H and O–H groups in total. The van der Waals surface area contributed by atoms with E-state index in [1.54, 1.807) is 0 Å². The van der Waals surface area contributed by atoms with E-state index in [-0.39, 0.29) is 11.5 Å². The third-order valence-corrected chi connectivity index (χ3v) is 6.88. The predicted molar refractivity (Wildman–Crippen MR) is 130 cm³/mol. The monoisotopic (exact) mass is 433 g/mol. The van der Waals surface area contributed by atoms with Crippen molar-refractivity contribution in [3.05, 3.63) is 59.7 Å². The summed E-state index contributed by atoms with van der Waals surface area (Å²) in [7, 11) is 0. The van der Waals surface area contributed by atoms with Crippen molar-refractivity contribution < 1.29 is 9.47 Å². The van der Waals surface area contributed by atoms with Crippen molar-refractivity contribution in [1.29, 1.82) is 0 Å². The molecular formula is C27H31NO2S. The Labute approximate surface area is 191 Å². The first kappa shape index (κ1) is 20.7. The number of hydrogen-bond donors (Lipinski definition) is 0. The van der Waals surface area contributed by atoms with Gasteiger partial charge in [-0.3, -0.25) is 4.90 Å². The Bertz CT molecular complexity index is 1020. The predicted octanol–water partition coefficient (Wildman–Crippen LogP) is 6.52. The second-order valence-corrected chi connectivity index (χ2v) is 10.4. The summed E-state index contributed by atoms with van der Waals surface area (Å²) in [4.78, 5) is 2.63. The summed E-state index contributed by atoms with van der Waals surface area (Å²) in [5.41, 5.74) is 4.83. The highest BCUT2D eigenvalue weighted by molar-refractivity contribution is 7.80. The molecule has 4 heteroatoms. The number of thiocarbonyl (C=S) groups is 1. The van der Waals surface area contributed by atoms with E-state index in [4.69, 9.17) is 21.7 Å². The highest BCUT2D eigenvalue weighted by Crippen LogP contribution is 2.45. The Morgan fingerprint density at radius 1 is 1.03 bits per heavy atom. The van der Waals surface area contributed by atoms with E-state index in [0.717, 1.165) is 24.5 Å². The lowest BCUT2D eigenvalue weighted by atomic mass is 9.83. The Kier molecular flexibility index (Phi) is 5.39. The molecule has 2 unspecified atom stereocenters. The molecule has 31 heavy (non-hydrogen) atoms. The molecule has 1 saturated heterocycles. The Morgan fingerprint density at radius 3 is 2.58 bits per heavy atom. The fourth-order valence-corrected chi connectivity index (χ4v) is 5.49. The van der Waals surface area contributed by atoms with Gasteiger partial charge in [0.25, 0.3) is 0 Å². The molecule has 3 heterocycles. The van der Waals surface area contributed by atoms with Gasteiger partial charge in [-0.15, -0.1) is 0 Å². The van der Waals surface area contributed by atoms with Crippen molar-refractivity contribution in [3.8, 4) is 22.6 Å². The molecule has 3 aliphatic heterocycles. The smallest absolute Gasteiger partial charge is 0.179 e. The van der Waals surface area contributed by atoms with E-state index in [1.807, 2.05) is 12.1 Å². The van der Waals surface area contributed by atoms with Crippen molar-refractivity contribution in [3.63, 3.8) is 0 Å². The Hall–Kier alpha value is -2.17. The first-order valence-corrected chi connectivity index (χ1v) is 11.9. The van der Waals surface area contributed by atoms with Crippen LogP contribution >= 0.6 is 12.2 Å². The highest BCUT2D eigenvalue weighted by atomic mass is 32.1. The zero-order valence-electron chi connectivity index (χ0n) is 18.7. The van der Waals surface area contributed by atoms with Gasteiger partial charge in [0, 0.05) is 18.2 Å². The maximum atomic E-state index is 6.03. The summed E-state index contributed by atoms with van der Waals surface area (Å²) in [6.45, 7) is 8.48. The van der Waals surface area contributed by atoms with Gasteiger partial charge in [-0.05, 0) is 94.2 Å². The lowest BCUT2D eigenvalue weighted by molar-refractivity contribution is 0.131. The summed E-state index contributed by atoms with van der Waals surface area (Å²) in [6, 6.07) is 15.5. The molecule has 2 atom stereocenters. The molecule has 0 amide bonds. The Balaban J connectivity index is 1.42. The summed E-state index contributed by atoms with van der Waals surface area (Å²) < 4.78 is 12.0. The first-order valence-electron chi connectivity index (χ1n) is 11.5. The van der Waals surface area contributed by atoms with Gasteiger partial charge in [-0.2, -0.15) is 0 Å². The van der Waals surface area contributed by atoms with Crippen molar-refractivity contribution in [2.75, 3.05) is 13.1 Å². The van der Waals surface area contributed by atoms with Crippen LogP contribution in [0.2, 0.25) is 0 Å². The molecule has 2 aromatic carbocycles. The fraction of sp³-hybridized carbons (Fsp3) is 0.444. The van der Waals surface area contributed by atoms with E-state index < -0.39 is 0 Å². The average molecular weight is 434 g/mol. The molecule has 0 bridgehead atoms. The Morgan fingerprint density at radius 2 is 1.81 bits per heavy atom. The van der Waals surface area contributed by atoms with Gasteiger partial charge in [0.15, 0.2) is 5.05 Å². The minimum Gasteiger partial charge on any atom is -0.488 e. The molecule has 1 fully saturated rings. The molecule has 2 aromatic rings. The number of fused-ring (bicyclic) bond motifs is 2. The number of piperidine rings is 1. The first-order chi connectivity index (χ1) is 14.9. The largest absolute Gasteiger partial charge is 0.488 e. The SMILES string of the molecule is CC(C)(C)Oc1ccc(-c2ccc3c(c2)C(C2=CCN4CCCCC4C2)C(=S)O3)cc1. The van der Waals surface area contributed by atoms with Gasteiger partial charge in [-0.1, -0.05) is 36.3 Å². The maximum absolute atomic E-state index is 6.03. The molecule has 3 aliphatic rings. The van der Waals surface area contributed by atoms with Crippen molar-refractivity contribution >= 4 is 17.3 Å². The van der Waals surface area contributed by atoms with Gasteiger partial charge in [0.2, 0.25) is 0 Å². The van der Waals surface area contributed by atoms with E-state index in [9.17, 15) is 0 Å². The van der Waals surface area contributed by atoms with Crippen LogP contribution in [0.4, 0.5) is 0 Å². The van der Waals surface area contributed by atoms with Gasteiger partial charge < -0.3 is 9.47 Å². The number of rotatable bonds is 3.